The highest BCUT2D eigenvalue weighted by atomic mass is 127. The van der Waals surface area contributed by atoms with E-state index in [0.717, 1.165) is 11.8 Å². The Bertz CT molecular complexity index is 901. The van der Waals surface area contributed by atoms with Crippen molar-refractivity contribution in [1.82, 2.24) is 5.32 Å². The van der Waals surface area contributed by atoms with Crippen molar-refractivity contribution < 1.29 is 27.5 Å². The third-order valence-corrected chi connectivity index (χ3v) is 5.75. The number of Topliss-reactive ketones (excluding diaryl/α,β-unsaturated/α-hetero) is 1. The molecule has 2 heterocycles. The van der Waals surface area contributed by atoms with Gasteiger partial charge in [-0.3, -0.25) is 4.79 Å². The third kappa shape index (κ3) is 2.74. The first-order chi connectivity index (χ1) is 12.3. The number of esters is 1. The van der Waals surface area contributed by atoms with Gasteiger partial charge in [-0.15, -0.1) is 0 Å². The topological polar surface area (TPSA) is 55.4 Å². The minimum Gasteiger partial charge on any atom is -0.456 e. The minimum atomic E-state index is -4.45. The first kappa shape index (κ1) is 17.6. The lowest BCUT2D eigenvalue weighted by Crippen LogP contribution is -2.32. The molecule has 0 radical (unpaired) electrons. The molecular formula is C18H13F3INO3. The lowest BCUT2D eigenvalue weighted by Gasteiger charge is -2.32. The summed E-state index contributed by atoms with van der Waals surface area (Å²) in [4.78, 5) is 24.8. The highest BCUT2D eigenvalue weighted by Crippen LogP contribution is 2.45. The molecule has 1 aromatic carbocycles. The number of hydrogen-bond donors (Lipinski definition) is 1. The van der Waals surface area contributed by atoms with Gasteiger partial charge in [0.25, 0.3) is 0 Å². The number of benzene rings is 1. The van der Waals surface area contributed by atoms with Gasteiger partial charge >= 0.3 is 12.1 Å². The Kier molecular flexibility index (Phi) is 4.13. The number of ketones is 1. The molecule has 3 aliphatic rings. The van der Waals surface area contributed by atoms with Crippen molar-refractivity contribution in [2.24, 2.45) is 0 Å². The summed E-state index contributed by atoms with van der Waals surface area (Å²) in [6.45, 7) is 0.0906. The van der Waals surface area contributed by atoms with Gasteiger partial charge < -0.3 is 10.1 Å². The molecule has 8 heteroatoms. The predicted octanol–water partition coefficient (Wildman–Crippen LogP) is 3.81. The van der Waals surface area contributed by atoms with E-state index in [1.54, 1.807) is 22.6 Å². The van der Waals surface area contributed by atoms with Crippen LogP contribution in [-0.2, 0) is 20.5 Å². The highest BCUT2D eigenvalue weighted by molar-refractivity contribution is 14.1. The van der Waals surface area contributed by atoms with E-state index in [4.69, 9.17) is 4.74 Å². The predicted molar refractivity (Wildman–Crippen MR) is 93.9 cm³/mol. The molecule has 1 aliphatic carbocycles. The summed E-state index contributed by atoms with van der Waals surface area (Å²) in [5, 5.41) is 3.14. The van der Waals surface area contributed by atoms with E-state index in [1.165, 1.54) is 12.1 Å². The van der Waals surface area contributed by atoms with Crippen molar-refractivity contribution in [2.45, 2.75) is 31.4 Å². The first-order valence-corrected chi connectivity index (χ1v) is 9.15. The number of carbonyl (C=O) groups is 2. The average Bonchev–Trinajstić information content (AvgIpc) is 2.93. The van der Waals surface area contributed by atoms with Gasteiger partial charge in [-0.05, 0) is 53.1 Å². The van der Waals surface area contributed by atoms with E-state index in [-0.39, 0.29) is 16.0 Å². The second-order valence-electron chi connectivity index (χ2n) is 6.43. The zero-order chi connectivity index (χ0) is 18.6. The number of cyclic esters (lactones) is 1. The maximum absolute atomic E-state index is 13.1. The normalized spacial score (nSPS) is 22.8. The molecule has 0 saturated heterocycles. The molecular weight excluding hydrogens is 462 g/mol. The highest BCUT2D eigenvalue weighted by Gasteiger charge is 2.43. The number of allylic oxidation sites excluding steroid dienone is 2. The number of halogens is 4. The van der Waals surface area contributed by atoms with Crippen LogP contribution in [0.3, 0.4) is 0 Å². The quantitative estimate of drug-likeness (QED) is 0.496. The summed E-state index contributed by atoms with van der Waals surface area (Å²) in [6.07, 6.45) is -2.71. The second-order valence-corrected chi connectivity index (χ2v) is 7.59. The second kappa shape index (κ2) is 6.11. The van der Waals surface area contributed by atoms with Crippen LogP contribution in [0.1, 0.15) is 36.3 Å². The van der Waals surface area contributed by atoms with Gasteiger partial charge in [0, 0.05) is 27.2 Å². The van der Waals surface area contributed by atoms with Crippen LogP contribution < -0.4 is 5.32 Å². The third-order valence-electron chi connectivity index (χ3n) is 4.86. The summed E-state index contributed by atoms with van der Waals surface area (Å²) in [5.41, 5.74) is 1.92. The first-order valence-electron chi connectivity index (χ1n) is 8.07. The smallest absolute Gasteiger partial charge is 0.417 e. The molecule has 2 aliphatic heterocycles. The van der Waals surface area contributed by atoms with E-state index < -0.39 is 23.6 Å². The molecule has 136 valence electrons. The zero-order valence-corrected chi connectivity index (χ0v) is 15.5. The van der Waals surface area contributed by atoms with Crippen LogP contribution in [0.15, 0.2) is 40.7 Å². The van der Waals surface area contributed by atoms with Gasteiger partial charge in [-0.25, -0.2) is 4.79 Å². The van der Waals surface area contributed by atoms with Gasteiger partial charge in [-0.2, -0.15) is 13.2 Å². The van der Waals surface area contributed by atoms with Crippen molar-refractivity contribution >= 4 is 34.3 Å². The Balaban J connectivity index is 1.87. The fraction of sp³-hybridized carbons (Fsp3) is 0.333. The van der Waals surface area contributed by atoms with Crippen LogP contribution in [0, 0.1) is 3.57 Å². The molecule has 26 heavy (non-hydrogen) atoms. The van der Waals surface area contributed by atoms with Crippen LogP contribution in [0.4, 0.5) is 13.2 Å². The minimum absolute atomic E-state index is 0.0325. The van der Waals surface area contributed by atoms with E-state index >= 15 is 0 Å². The summed E-state index contributed by atoms with van der Waals surface area (Å²) in [6, 6.07) is 3.76. The van der Waals surface area contributed by atoms with E-state index in [0.29, 0.717) is 41.7 Å². The van der Waals surface area contributed by atoms with Gasteiger partial charge in [0.15, 0.2) is 5.78 Å². The van der Waals surface area contributed by atoms with E-state index in [9.17, 15) is 22.8 Å². The van der Waals surface area contributed by atoms with E-state index in [2.05, 4.69) is 5.32 Å². The van der Waals surface area contributed by atoms with Crippen LogP contribution in [0.2, 0.25) is 0 Å². The molecule has 0 amide bonds. The van der Waals surface area contributed by atoms with Crippen molar-refractivity contribution in [1.29, 1.82) is 0 Å². The van der Waals surface area contributed by atoms with Crippen molar-refractivity contribution in [2.75, 3.05) is 6.61 Å². The molecule has 0 bridgehead atoms. The Hall–Kier alpha value is -1.84. The Morgan fingerprint density at radius 2 is 1.88 bits per heavy atom. The monoisotopic (exact) mass is 475 g/mol. The van der Waals surface area contributed by atoms with Gasteiger partial charge in [0.1, 0.15) is 6.61 Å². The maximum atomic E-state index is 13.1. The number of hydrogen-bond acceptors (Lipinski definition) is 4. The molecule has 4 rings (SSSR count). The fourth-order valence-corrected chi connectivity index (χ4v) is 4.59. The standard InChI is InChI=1S/C18H13F3INO3/c19-18(20,21)9-5-4-8(6-10(9)22)14-15-11(2-1-3-13(15)24)23-12-7-26-17(25)16(12)14/h4-6,14,23H,1-3,7H2. The lowest BCUT2D eigenvalue weighted by atomic mass is 9.75. The molecule has 1 N–H and O–H groups in total. The number of nitrogens with one attached hydrogen (secondary N) is 1. The molecule has 1 atom stereocenters. The van der Waals surface area contributed by atoms with Crippen LogP contribution >= 0.6 is 22.6 Å². The summed E-state index contributed by atoms with van der Waals surface area (Å²) < 4.78 is 44.3. The number of rotatable bonds is 1. The molecule has 0 saturated carbocycles. The lowest BCUT2D eigenvalue weighted by molar-refractivity contribution is -0.138. The fourth-order valence-electron chi connectivity index (χ4n) is 3.74. The van der Waals surface area contributed by atoms with Crippen LogP contribution in [0.25, 0.3) is 0 Å². The number of alkyl halides is 3. The van der Waals surface area contributed by atoms with Crippen LogP contribution in [-0.4, -0.2) is 18.4 Å². The summed E-state index contributed by atoms with van der Waals surface area (Å²) in [7, 11) is 0. The number of ether oxygens (including phenoxy) is 1. The zero-order valence-electron chi connectivity index (χ0n) is 13.4. The molecule has 1 aromatic rings. The SMILES string of the molecule is O=C1CCCC2=C1C(c1ccc(C(F)(F)F)c(I)c1)C1=C(COC1=O)N2. The van der Waals surface area contributed by atoms with E-state index in [1.807, 2.05) is 0 Å². The molecule has 0 spiro atoms. The van der Waals surface area contributed by atoms with Crippen molar-refractivity contribution in [3.8, 4) is 0 Å². The number of carbonyl (C=O) groups excluding carboxylic acids is 2. The Morgan fingerprint density at radius 3 is 2.58 bits per heavy atom. The maximum Gasteiger partial charge on any atom is 0.417 e. The van der Waals surface area contributed by atoms with Gasteiger partial charge in [0.05, 0.1) is 16.8 Å². The van der Waals surface area contributed by atoms with Crippen LogP contribution in [0.5, 0.6) is 0 Å². The Labute approximate surface area is 160 Å². The van der Waals surface area contributed by atoms with Gasteiger partial charge in [-0.1, -0.05) is 6.07 Å². The molecule has 4 nitrogen and oxygen atoms in total. The average molecular weight is 475 g/mol. The summed E-state index contributed by atoms with van der Waals surface area (Å²) >= 11 is 1.64. The number of dihydropyridines is 1. The van der Waals surface area contributed by atoms with Crippen molar-refractivity contribution in [3.63, 3.8) is 0 Å². The largest absolute Gasteiger partial charge is 0.456 e. The molecule has 0 aromatic heterocycles. The molecule has 0 fully saturated rings. The Morgan fingerprint density at radius 1 is 1.12 bits per heavy atom. The van der Waals surface area contributed by atoms with Gasteiger partial charge in [0.2, 0.25) is 0 Å². The van der Waals surface area contributed by atoms with Crippen molar-refractivity contribution in [3.05, 3.63) is 55.4 Å². The summed E-state index contributed by atoms with van der Waals surface area (Å²) in [5.74, 6) is -1.29. The molecule has 1 unspecified atom stereocenters.